The summed E-state index contributed by atoms with van der Waals surface area (Å²) in [4.78, 5) is 25.1. The number of rotatable bonds is 14. The minimum absolute atomic E-state index is 0.170. The Kier molecular flexibility index (Phi) is 10.3. The van der Waals surface area contributed by atoms with E-state index in [1.807, 2.05) is 20.8 Å². The van der Waals surface area contributed by atoms with E-state index in [2.05, 4.69) is 6.92 Å². The fourth-order valence-corrected chi connectivity index (χ4v) is 2.46. The van der Waals surface area contributed by atoms with Gasteiger partial charge in [-0.25, -0.2) is 0 Å². The molecule has 1 atom stereocenters. The van der Waals surface area contributed by atoms with Gasteiger partial charge in [-0.3, -0.25) is 15.0 Å². The summed E-state index contributed by atoms with van der Waals surface area (Å²) < 4.78 is 28.2. The summed E-state index contributed by atoms with van der Waals surface area (Å²) in [6, 6.07) is 0. The number of likely N-dealkylation sites (N-methyl/N-ethyl adjacent to an activating group) is 1. The molecule has 1 unspecified atom stereocenters. The highest BCUT2D eigenvalue weighted by Gasteiger charge is 2.24. The Labute approximate surface area is 170 Å². The second-order valence-corrected chi connectivity index (χ2v) is 8.47. The number of carbonyl (C=O) groups is 2. The Morgan fingerprint density at radius 2 is 1.63 bits per heavy atom. The third-order valence-electron chi connectivity index (χ3n) is 4.81. The number of carbonyl (C=O) groups excluding carboxylic acids is 2. The highest BCUT2D eigenvalue weighted by molar-refractivity contribution is 6.00. The van der Waals surface area contributed by atoms with E-state index in [0.717, 1.165) is 19.3 Å². The number of hydrogen-bond donors (Lipinski definition) is 1. The molecule has 0 aromatic rings. The number of hydrogen-bond acceptors (Lipinski definition) is 4. The number of ether oxygens (including phenoxy) is 1. The minimum Gasteiger partial charge on any atom is -0.461 e. The lowest BCUT2D eigenvalue weighted by Crippen LogP contribution is -2.37. The molecule has 5 heteroatoms. The Morgan fingerprint density at radius 3 is 2.15 bits per heavy atom. The molecule has 0 aromatic heterocycles. The number of amidine groups is 1. The van der Waals surface area contributed by atoms with Crippen molar-refractivity contribution in [3.8, 4) is 0 Å². The lowest BCUT2D eigenvalue weighted by molar-refractivity contribution is -0.153. The zero-order valence-electron chi connectivity index (χ0n) is 21.0. The van der Waals surface area contributed by atoms with E-state index >= 15 is 0 Å². The van der Waals surface area contributed by atoms with Crippen LogP contribution >= 0.6 is 0 Å². The molecule has 0 spiro atoms. The Morgan fingerprint density at radius 1 is 1.07 bits per heavy atom. The highest BCUT2D eigenvalue weighted by Crippen LogP contribution is 2.21. The van der Waals surface area contributed by atoms with Gasteiger partial charge in [-0.1, -0.05) is 72.6 Å². The second kappa shape index (κ2) is 13.7. The van der Waals surface area contributed by atoms with Gasteiger partial charge in [0.05, 0.1) is 6.42 Å². The molecule has 5 nitrogen and oxygen atoms in total. The molecule has 0 saturated carbocycles. The van der Waals surface area contributed by atoms with Crippen molar-refractivity contribution in [1.29, 1.82) is 5.41 Å². The van der Waals surface area contributed by atoms with Crippen LogP contribution in [0.15, 0.2) is 0 Å². The van der Waals surface area contributed by atoms with E-state index in [1.165, 1.54) is 32.1 Å². The van der Waals surface area contributed by atoms with E-state index in [4.69, 9.17) is 14.3 Å². The van der Waals surface area contributed by atoms with E-state index in [1.54, 1.807) is 6.92 Å². The summed E-state index contributed by atoms with van der Waals surface area (Å²) in [5.41, 5.74) is -0.278. The van der Waals surface area contributed by atoms with Crippen LogP contribution in [0.4, 0.5) is 0 Å². The average molecular weight is 386 g/mol. The summed E-state index contributed by atoms with van der Waals surface area (Å²) in [7, 11) is 0. The molecule has 0 bridgehead atoms. The fraction of sp³-hybridized carbons (Fsp3) is 0.864. The molecule has 0 fully saturated rings. The number of esters is 1. The van der Waals surface area contributed by atoms with Crippen molar-refractivity contribution in [1.82, 2.24) is 4.90 Å². The topological polar surface area (TPSA) is 70.5 Å². The maximum absolute atomic E-state index is 12.2. The van der Waals surface area contributed by atoms with Gasteiger partial charge in [0.2, 0.25) is 0 Å². The van der Waals surface area contributed by atoms with Crippen LogP contribution in [0.25, 0.3) is 0 Å². The van der Waals surface area contributed by atoms with Gasteiger partial charge >= 0.3 is 5.97 Å². The lowest BCUT2D eigenvalue weighted by atomic mass is 9.90. The Bertz CT molecular complexity index is 543. The van der Waals surface area contributed by atoms with Gasteiger partial charge in [0.15, 0.2) is 0 Å². The van der Waals surface area contributed by atoms with Crippen LogP contribution in [0.1, 0.15) is 103 Å². The van der Waals surface area contributed by atoms with Crippen LogP contribution in [0.5, 0.6) is 0 Å². The molecule has 27 heavy (non-hydrogen) atoms. The summed E-state index contributed by atoms with van der Waals surface area (Å²) in [6.45, 7) is 6.43. The van der Waals surface area contributed by atoms with Crippen LogP contribution in [-0.2, 0) is 14.3 Å². The molecule has 0 aliphatic rings. The number of ketones is 1. The third-order valence-corrected chi connectivity index (χ3v) is 4.81. The zero-order chi connectivity index (χ0) is 23.4. The first-order valence-corrected chi connectivity index (χ1v) is 10.3. The molecule has 0 saturated heterocycles. The average Bonchev–Trinajstić information content (AvgIpc) is 2.60. The highest BCUT2D eigenvalue weighted by atomic mass is 16.5. The molecule has 0 aromatic carbocycles. The van der Waals surface area contributed by atoms with Crippen molar-refractivity contribution in [3.63, 3.8) is 0 Å². The monoisotopic (exact) mass is 385 g/mol. The van der Waals surface area contributed by atoms with Crippen molar-refractivity contribution < 1.29 is 18.4 Å². The van der Waals surface area contributed by atoms with Crippen LogP contribution in [0, 0.1) is 10.8 Å². The van der Waals surface area contributed by atoms with Gasteiger partial charge in [0.25, 0.3) is 0 Å². The van der Waals surface area contributed by atoms with Crippen molar-refractivity contribution in [3.05, 3.63) is 0 Å². The first-order chi connectivity index (χ1) is 13.8. The first-order valence-electron chi connectivity index (χ1n) is 11.8. The van der Waals surface area contributed by atoms with Crippen molar-refractivity contribution in [2.75, 3.05) is 13.5 Å². The predicted molar refractivity (Wildman–Crippen MR) is 112 cm³/mol. The quantitative estimate of drug-likeness (QED) is 0.189. The summed E-state index contributed by atoms with van der Waals surface area (Å²) >= 11 is 0. The van der Waals surface area contributed by atoms with E-state index in [-0.39, 0.29) is 23.5 Å². The molecule has 1 N–H and O–H groups in total. The summed E-state index contributed by atoms with van der Waals surface area (Å²) in [6.07, 6.45) is 8.60. The van der Waals surface area contributed by atoms with Gasteiger partial charge < -0.3 is 9.64 Å². The maximum Gasteiger partial charge on any atom is 0.325 e. The van der Waals surface area contributed by atoms with Crippen LogP contribution in [0.3, 0.4) is 0 Å². The minimum atomic E-state index is -2.68. The molecule has 0 heterocycles. The van der Waals surface area contributed by atoms with Crippen molar-refractivity contribution in [2.24, 2.45) is 5.41 Å². The van der Waals surface area contributed by atoms with E-state index in [9.17, 15) is 9.59 Å². The van der Waals surface area contributed by atoms with Crippen LogP contribution in [0.2, 0.25) is 0 Å². The predicted octanol–water partition coefficient (Wildman–Crippen LogP) is 5.36. The van der Waals surface area contributed by atoms with Crippen LogP contribution < -0.4 is 0 Å². The smallest absolute Gasteiger partial charge is 0.325 e. The molecule has 0 radical (unpaired) electrons. The molecule has 0 amide bonds. The zero-order valence-corrected chi connectivity index (χ0v) is 18.0. The number of unbranched alkanes of at least 4 members (excludes halogenated alkanes) is 7. The van der Waals surface area contributed by atoms with Gasteiger partial charge in [0, 0.05) is 17.5 Å². The largest absolute Gasteiger partial charge is 0.461 e. The van der Waals surface area contributed by atoms with E-state index < -0.39 is 25.6 Å². The fourth-order valence-electron chi connectivity index (χ4n) is 2.46. The molecule has 0 rings (SSSR count). The Balaban J connectivity index is 4.47. The SMILES string of the molecule is [2H]C([2H])([2H])N(CC(=O)OC(C)C(C)(C)C)C(=N)CC(=O)CCCCCCCCCC. The summed E-state index contributed by atoms with van der Waals surface area (Å²) in [5.74, 6) is -1.24. The molecular formula is C22H42N2O3. The third kappa shape index (κ3) is 13.4. The molecule has 0 aliphatic carbocycles. The van der Waals surface area contributed by atoms with Gasteiger partial charge in [-0.2, -0.15) is 0 Å². The van der Waals surface area contributed by atoms with Crippen LogP contribution in [-0.4, -0.2) is 42.1 Å². The maximum atomic E-state index is 12.2. The molecule has 158 valence electrons. The number of nitrogens with one attached hydrogen (secondary N) is 1. The first kappa shape index (κ1) is 20.3. The van der Waals surface area contributed by atoms with Gasteiger partial charge in [-0.05, 0) is 18.8 Å². The van der Waals surface area contributed by atoms with E-state index in [0.29, 0.717) is 11.3 Å². The second-order valence-electron chi connectivity index (χ2n) is 8.47. The standard InChI is InChI=1S/C22H42N2O3/c1-7-8-9-10-11-12-13-14-15-19(25)16-20(23)24(6)17-21(26)27-18(2)22(3,4)5/h18,23H,7-17H2,1-6H3/i6D3. The molecule has 0 aliphatic heterocycles. The summed E-state index contributed by atoms with van der Waals surface area (Å²) in [5, 5.41) is 8.08. The normalized spacial score (nSPS) is 14.6. The number of Topliss-reactive ketones (excluding diaryl/α,β-unsaturated/α-hetero) is 1. The van der Waals surface area contributed by atoms with Gasteiger partial charge in [-0.15, -0.1) is 0 Å². The molecular weight excluding hydrogens is 340 g/mol. The van der Waals surface area contributed by atoms with Gasteiger partial charge in [0.1, 0.15) is 24.3 Å². The van der Waals surface area contributed by atoms with Crippen molar-refractivity contribution >= 4 is 17.6 Å². The Hall–Kier alpha value is -1.39. The lowest BCUT2D eigenvalue weighted by Gasteiger charge is -2.28. The van der Waals surface area contributed by atoms with Crippen molar-refractivity contribution in [2.45, 2.75) is 105 Å². The number of nitrogens with zero attached hydrogens (tertiary/aromatic N) is 1.